The standard InChI is InChI=1S/C83H117N9O23/c1-55(2)76(88-74(94)23-28-105-30-32-107-34-36-109-38-40-111-42-43-112-41-39-110-37-35-108-33-31-106-29-24-84-73(93)22-25-89-75(95)48-63(79(89)98)60-16-12-9-8-10-13-17-60)78(97)86-58(5)77(96)87-61-20-18-59(19-21-61)54-115-83(102)92-67-50-72(70(104-7)47-65(67)81(100)91-53-57(4)45-68(91)82(92)101)114-27-15-11-14-26-113-71-49-66-64(46-69(71)103-6)80(99)90-52-56(3)44-62(90)51-85-66/h18-21,46-47,49-53,55,58,60,62-63,68,76,82,101H,8-17,22-45,48,54H2,1-7H3,(H,84,93)(H,86,97)(H,87,96)(H,88,94)/t58-,62-,63?,68-,76-,82-/m0/s1. The van der Waals surface area contributed by atoms with E-state index in [2.05, 4.69) is 26.3 Å². The lowest BCUT2D eigenvalue weighted by Crippen LogP contribution is -2.53. The number of ether oxygens (including phenoxy) is 13. The first-order valence-electron chi connectivity index (χ1n) is 40.3. The molecule has 0 bridgehead atoms. The number of aliphatic hydroxyl groups excluding tert-OH is 1. The number of fused-ring (bicyclic) bond motifs is 4. The number of carbonyl (C=O) groups excluding carboxylic acids is 9. The average molecular weight is 1610 g/mol. The second-order valence-corrected chi connectivity index (χ2v) is 29.6. The molecule has 9 amide bonds. The van der Waals surface area contributed by atoms with Gasteiger partial charge in [0.25, 0.3) is 11.8 Å². The van der Waals surface area contributed by atoms with E-state index in [1.54, 1.807) is 67.6 Å². The molecule has 3 aromatic rings. The van der Waals surface area contributed by atoms with Crippen LogP contribution in [0, 0.1) is 17.8 Å². The number of unbranched alkanes of at least 4 members (excludes halogenated alkanes) is 2. The number of likely N-dealkylation sites (tertiary alicyclic amines) is 1. The molecule has 5 N–H and O–H groups in total. The normalized spacial score (nSPS) is 18.6. The molecule has 3 aromatic carbocycles. The van der Waals surface area contributed by atoms with E-state index in [1.807, 2.05) is 20.0 Å². The number of aliphatic imine (C=N–C) groups is 1. The van der Waals surface area contributed by atoms with Crippen molar-refractivity contribution in [1.29, 1.82) is 0 Å². The van der Waals surface area contributed by atoms with Gasteiger partial charge in [0.1, 0.15) is 18.7 Å². The van der Waals surface area contributed by atoms with Crippen molar-refractivity contribution in [2.24, 2.45) is 22.7 Å². The molecule has 6 aliphatic rings. The lowest BCUT2D eigenvalue weighted by molar-refractivity contribution is -0.140. The zero-order valence-corrected chi connectivity index (χ0v) is 67.6. The summed E-state index contributed by atoms with van der Waals surface area (Å²) in [6.07, 6.45) is 13.9. The van der Waals surface area contributed by atoms with Crippen LogP contribution in [0.1, 0.15) is 157 Å². The van der Waals surface area contributed by atoms with Gasteiger partial charge >= 0.3 is 6.09 Å². The molecule has 115 heavy (non-hydrogen) atoms. The van der Waals surface area contributed by atoms with E-state index in [9.17, 15) is 48.3 Å². The monoisotopic (exact) mass is 1610 g/mol. The number of rotatable bonds is 49. The Labute approximate surface area is 673 Å². The third-order valence-corrected chi connectivity index (χ3v) is 20.6. The second-order valence-electron chi connectivity index (χ2n) is 29.6. The maximum atomic E-state index is 14.3. The molecule has 1 saturated carbocycles. The highest BCUT2D eigenvalue weighted by Gasteiger charge is 2.46. The summed E-state index contributed by atoms with van der Waals surface area (Å²) in [6.45, 7) is 15.1. The minimum absolute atomic E-state index is 0.0136. The number of anilines is 2. The Kier molecular flexibility index (Phi) is 36.8. The summed E-state index contributed by atoms with van der Waals surface area (Å²) in [5, 5.41) is 23.0. The molecule has 32 heteroatoms. The van der Waals surface area contributed by atoms with Crippen molar-refractivity contribution in [3.63, 3.8) is 0 Å². The Balaban J connectivity index is 0.570. The van der Waals surface area contributed by atoms with Crippen LogP contribution >= 0.6 is 0 Å². The number of aliphatic hydroxyl groups is 1. The zero-order chi connectivity index (χ0) is 82.0. The van der Waals surface area contributed by atoms with Crippen LogP contribution in [0.5, 0.6) is 23.0 Å². The summed E-state index contributed by atoms with van der Waals surface area (Å²) in [5.41, 5.74) is 3.92. The van der Waals surface area contributed by atoms with Gasteiger partial charge in [0.15, 0.2) is 29.2 Å². The summed E-state index contributed by atoms with van der Waals surface area (Å²) in [6, 6.07) is 9.94. The lowest BCUT2D eigenvalue weighted by atomic mass is 9.81. The maximum absolute atomic E-state index is 14.3. The van der Waals surface area contributed by atoms with E-state index < -0.39 is 54.1 Å². The van der Waals surface area contributed by atoms with E-state index in [4.69, 9.17) is 61.6 Å². The predicted molar refractivity (Wildman–Crippen MR) is 423 cm³/mol. The van der Waals surface area contributed by atoms with Gasteiger partial charge in [-0.1, -0.05) is 69.2 Å². The molecule has 5 heterocycles. The van der Waals surface area contributed by atoms with Crippen LogP contribution in [0.3, 0.4) is 0 Å². The number of nitrogens with one attached hydrogen (secondary N) is 4. The first-order chi connectivity index (χ1) is 55.7. The van der Waals surface area contributed by atoms with E-state index in [1.165, 1.54) is 62.3 Å². The molecule has 32 nitrogen and oxygen atoms in total. The van der Waals surface area contributed by atoms with E-state index in [0.717, 1.165) is 48.2 Å². The van der Waals surface area contributed by atoms with Gasteiger partial charge in [0.2, 0.25) is 35.4 Å². The van der Waals surface area contributed by atoms with Gasteiger partial charge in [-0.15, -0.1) is 0 Å². The van der Waals surface area contributed by atoms with Crippen molar-refractivity contribution in [3.8, 4) is 23.0 Å². The van der Waals surface area contributed by atoms with Crippen molar-refractivity contribution in [2.75, 3.05) is 156 Å². The Morgan fingerprint density at radius 1 is 0.565 bits per heavy atom. The van der Waals surface area contributed by atoms with Crippen molar-refractivity contribution in [2.45, 2.75) is 168 Å². The van der Waals surface area contributed by atoms with Gasteiger partial charge in [-0.3, -0.25) is 48.2 Å². The quantitative estimate of drug-likeness (QED) is 0.0263. The van der Waals surface area contributed by atoms with Crippen molar-refractivity contribution >= 4 is 76.6 Å². The number of amides is 9. The summed E-state index contributed by atoms with van der Waals surface area (Å²) < 4.78 is 73.9. The highest BCUT2D eigenvalue weighted by atomic mass is 16.6. The number of methoxy groups -OCH3 is 2. The summed E-state index contributed by atoms with van der Waals surface area (Å²) in [4.78, 5) is 130. The van der Waals surface area contributed by atoms with Crippen molar-refractivity contribution in [3.05, 3.63) is 88.8 Å². The fourth-order valence-corrected chi connectivity index (χ4v) is 14.3. The molecule has 0 aromatic heterocycles. The number of nitrogens with zero attached hydrogens (tertiary/aromatic N) is 5. The van der Waals surface area contributed by atoms with Crippen LogP contribution in [0.15, 0.2) is 77.1 Å². The molecule has 632 valence electrons. The molecular weight excluding hydrogens is 1490 g/mol. The molecule has 1 unspecified atom stereocenters. The fourth-order valence-electron chi connectivity index (χ4n) is 14.3. The molecule has 0 radical (unpaired) electrons. The van der Waals surface area contributed by atoms with Crippen LogP contribution in [0.4, 0.5) is 21.9 Å². The van der Waals surface area contributed by atoms with Gasteiger partial charge in [-0.05, 0) is 107 Å². The number of imide groups is 1. The van der Waals surface area contributed by atoms with E-state index in [0.29, 0.717) is 159 Å². The van der Waals surface area contributed by atoms with Crippen LogP contribution in [-0.4, -0.2) is 256 Å². The van der Waals surface area contributed by atoms with Crippen LogP contribution in [0.2, 0.25) is 0 Å². The Morgan fingerprint density at radius 3 is 1.70 bits per heavy atom. The molecular formula is C83H117N9O23. The highest BCUT2D eigenvalue weighted by Crippen LogP contribution is 2.43. The Hall–Kier alpha value is -9.12. The summed E-state index contributed by atoms with van der Waals surface area (Å²) >= 11 is 0. The van der Waals surface area contributed by atoms with E-state index in [-0.39, 0.29) is 129 Å². The first-order valence-corrected chi connectivity index (χ1v) is 40.3. The fraction of sp³-hybridized carbons (Fsp3) is 0.614. The predicted octanol–water partition coefficient (Wildman–Crippen LogP) is 8.11. The largest absolute Gasteiger partial charge is 0.493 e. The third-order valence-electron chi connectivity index (χ3n) is 20.6. The Morgan fingerprint density at radius 2 is 1.10 bits per heavy atom. The zero-order valence-electron chi connectivity index (χ0n) is 67.6. The van der Waals surface area contributed by atoms with Crippen molar-refractivity contribution in [1.82, 2.24) is 30.7 Å². The SMILES string of the molecule is COc1cc2c(cc1OCCCCCOc1cc3c(cc1OC)C(=O)N1C=C(C)C[C@H]1[C@H](O)N3C(=O)OCc1ccc(NC(=O)[C@H](C)NC(=O)[C@@H](NC(=O)CCOCCOCCOCCOCCOCCOCCOCCOCCNC(=O)CCN3C(=O)CC(C4CCCCCCC4)C3=O)C(C)C)cc1)N=C[C@@H]1CC(C)=CN1C2=O. The average Bonchev–Trinajstić information content (AvgIpc) is 1.61. The lowest BCUT2D eigenvalue weighted by Gasteiger charge is -2.31. The molecule has 0 spiro atoms. The molecule has 1 aliphatic carbocycles. The van der Waals surface area contributed by atoms with Gasteiger partial charge in [0.05, 0.1) is 174 Å². The minimum atomic E-state index is -1.53. The molecule has 9 rings (SSSR count). The number of benzene rings is 3. The summed E-state index contributed by atoms with van der Waals surface area (Å²) in [7, 11) is 2.96. The minimum Gasteiger partial charge on any atom is -0.493 e. The van der Waals surface area contributed by atoms with Gasteiger partial charge < -0.3 is 97.8 Å². The molecule has 6 atom stereocenters. The maximum Gasteiger partial charge on any atom is 0.416 e. The van der Waals surface area contributed by atoms with Gasteiger partial charge in [0, 0.05) is 68.8 Å². The molecule has 5 aliphatic heterocycles. The third kappa shape index (κ3) is 27.2. The summed E-state index contributed by atoms with van der Waals surface area (Å²) in [5.74, 6) is -1.53. The number of carbonyl (C=O) groups is 9. The van der Waals surface area contributed by atoms with Gasteiger partial charge in [-0.25, -0.2) is 9.69 Å². The molecule has 2 fully saturated rings. The number of hydrogen-bond donors (Lipinski definition) is 5. The molecule has 1 saturated heterocycles. The highest BCUT2D eigenvalue weighted by molar-refractivity contribution is 6.07. The second kappa shape index (κ2) is 47.2. The smallest absolute Gasteiger partial charge is 0.416 e. The van der Waals surface area contributed by atoms with Crippen LogP contribution in [0.25, 0.3) is 0 Å². The number of hydrogen-bond acceptors (Lipinski definition) is 24. The van der Waals surface area contributed by atoms with E-state index >= 15 is 0 Å². The first kappa shape index (κ1) is 89.8. The van der Waals surface area contributed by atoms with Crippen LogP contribution in [-0.2, 0) is 78.0 Å². The van der Waals surface area contributed by atoms with Crippen LogP contribution < -0.4 is 45.1 Å². The van der Waals surface area contributed by atoms with Gasteiger partial charge in [-0.2, -0.15) is 0 Å². The van der Waals surface area contributed by atoms with Crippen molar-refractivity contribution < 1.29 is 110 Å². The Bertz CT molecular complexity index is 3810. The topological polar surface area (TPSA) is 367 Å².